The van der Waals surface area contributed by atoms with Gasteiger partial charge in [0.05, 0.1) is 7.11 Å². The maximum absolute atomic E-state index is 12.4. The lowest BCUT2D eigenvalue weighted by Crippen LogP contribution is -2.39. The van der Waals surface area contributed by atoms with Crippen LogP contribution in [-0.4, -0.2) is 36.4 Å². The summed E-state index contributed by atoms with van der Waals surface area (Å²) in [4.78, 5) is 36.5. The normalized spacial score (nSPS) is 23.1. The molecule has 1 aromatic carbocycles. The van der Waals surface area contributed by atoms with Crippen molar-refractivity contribution in [3.05, 3.63) is 40.0 Å². The summed E-state index contributed by atoms with van der Waals surface area (Å²) in [5.74, 6) is -2.65. The van der Waals surface area contributed by atoms with E-state index in [0.29, 0.717) is 16.7 Å². The number of ether oxygens (including phenoxy) is 2. The van der Waals surface area contributed by atoms with Crippen LogP contribution in [0.25, 0.3) is 5.76 Å². The third-order valence-electron chi connectivity index (χ3n) is 4.00. The van der Waals surface area contributed by atoms with Gasteiger partial charge in [0, 0.05) is 11.1 Å². The molecule has 6 nitrogen and oxygen atoms in total. The van der Waals surface area contributed by atoms with Gasteiger partial charge in [-0.25, -0.2) is 4.79 Å². The SMILES string of the molecule is COC(=O)C1=C2OCC(C)(O)c3ccc(C)c(c32)C(=O)C1=O. The van der Waals surface area contributed by atoms with Gasteiger partial charge >= 0.3 is 5.97 Å². The monoisotopic (exact) mass is 302 g/mol. The average molecular weight is 302 g/mol. The number of hydrogen-bond donors (Lipinski definition) is 1. The average Bonchev–Trinajstić information content (AvgIpc) is 2.47. The van der Waals surface area contributed by atoms with Gasteiger partial charge in [-0.3, -0.25) is 9.59 Å². The highest BCUT2D eigenvalue weighted by Crippen LogP contribution is 2.43. The first kappa shape index (κ1) is 14.5. The fourth-order valence-electron chi connectivity index (χ4n) is 2.86. The van der Waals surface area contributed by atoms with E-state index >= 15 is 0 Å². The van der Waals surface area contributed by atoms with Crippen LogP contribution < -0.4 is 0 Å². The van der Waals surface area contributed by atoms with Crippen molar-refractivity contribution in [3.8, 4) is 0 Å². The summed E-state index contributed by atoms with van der Waals surface area (Å²) >= 11 is 0. The van der Waals surface area contributed by atoms with Gasteiger partial charge in [0.15, 0.2) is 5.57 Å². The van der Waals surface area contributed by atoms with Crippen LogP contribution in [0.2, 0.25) is 0 Å². The van der Waals surface area contributed by atoms with E-state index in [1.807, 2.05) is 0 Å². The van der Waals surface area contributed by atoms with E-state index in [1.54, 1.807) is 26.0 Å². The molecule has 0 saturated heterocycles. The fraction of sp³-hybridized carbons (Fsp3) is 0.312. The second-order valence-corrected chi connectivity index (χ2v) is 5.60. The molecule has 1 unspecified atom stereocenters. The van der Waals surface area contributed by atoms with E-state index in [9.17, 15) is 19.5 Å². The largest absolute Gasteiger partial charge is 0.488 e. The van der Waals surface area contributed by atoms with Gasteiger partial charge in [-0.2, -0.15) is 0 Å². The van der Waals surface area contributed by atoms with E-state index in [1.165, 1.54) is 0 Å². The minimum Gasteiger partial charge on any atom is -0.488 e. The van der Waals surface area contributed by atoms with E-state index in [4.69, 9.17) is 4.74 Å². The summed E-state index contributed by atoms with van der Waals surface area (Å²) in [5.41, 5.74) is -0.214. The first-order valence-corrected chi connectivity index (χ1v) is 6.71. The maximum atomic E-state index is 12.4. The van der Waals surface area contributed by atoms with Crippen LogP contribution >= 0.6 is 0 Å². The number of hydrogen-bond acceptors (Lipinski definition) is 6. The predicted molar refractivity (Wildman–Crippen MR) is 75.0 cm³/mol. The van der Waals surface area contributed by atoms with Crippen molar-refractivity contribution < 1.29 is 29.0 Å². The molecular weight excluding hydrogens is 288 g/mol. The molecule has 0 saturated carbocycles. The molecule has 0 radical (unpaired) electrons. The van der Waals surface area contributed by atoms with Gasteiger partial charge in [0.1, 0.15) is 18.0 Å². The number of benzene rings is 1. The lowest BCUT2D eigenvalue weighted by Gasteiger charge is -2.36. The molecule has 1 N–H and O–H groups in total. The van der Waals surface area contributed by atoms with Gasteiger partial charge in [0.2, 0.25) is 11.6 Å². The van der Waals surface area contributed by atoms with Gasteiger partial charge in [0.25, 0.3) is 0 Å². The number of carbonyl (C=O) groups is 3. The zero-order valence-electron chi connectivity index (χ0n) is 12.4. The third-order valence-corrected chi connectivity index (χ3v) is 4.00. The molecule has 1 heterocycles. The zero-order valence-corrected chi connectivity index (χ0v) is 12.4. The zero-order chi connectivity index (χ0) is 16.2. The summed E-state index contributed by atoms with van der Waals surface area (Å²) in [7, 11) is 1.12. The molecule has 3 rings (SSSR count). The van der Waals surface area contributed by atoms with Crippen LogP contribution in [0.4, 0.5) is 0 Å². The van der Waals surface area contributed by atoms with Crippen LogP contribution in [0.5, 0.6) is 0 Å². The molecule has 1 aliphatic carbocycles. The molecule has 0 aromatic heterocycles. The molecule has 0 amide bonds. The number of aliphatic hydroxyl groups is 1. The fourth-order valence-corrected chi connectivity index (χ4v) is 2.86. The molecule has 2 aliphatic rings. The van der Waals surface area contributed by atoms with Crippen LogP contribution in [0.1, 0.15) is 34.0 Å². The molecule has 0 fully saturated rings. The number of Topliss-reactive ketones (excluding diaryl/α,β-unsaturated/α-hetero) is 2. The highest BCUT2D eigenvalue weighted by atomic mass is 16.5. The Balaban J connectivity index is 2.44. The third kappa shape index (κ3) is 1.74. The number of aryl methyl sites for hydroxylation is 1. The molecule has 114 valence electrons. The Hall–Kier alpha value is -2.47. The van der Waals surface area contributed by atoms with Crippen molar-refractivity contribution >= 4 is 23.3 Å². The lowest BCUT2D eigenvalue weighted by molar-refractivity contribution is -0.137. The van der Waals surface area contributed by atoms with Crippen LogP contribution in [0, 0.1) is 6.92 Å². The first-order valence-electron chi connectivity index (χ1n) is 6.71. The van der Waals surface area contributed by atoms with Crippen molar-refractivity contribution in [3.63, 3.8) is 0 Å². The van der Waals surface area contributed by atoms with Gasteiger partial charge < -0.3 is 14.6 Å². The molecule has 22 heavy (non-hydrogen) atoms. The second-order valence-electron chi connectivity index (χ2n) is 5.60. The topological polar surface area (TPSA) is 89.9 Å². The van der Waals surface area contributed by atoms with Crippen LogP contribution in [0.15, 0.2) is 17.7 Å². The van der Waals surface area contributed by atoms with E-state index in [2.05, 4.69) is 4.74 Å². The van der Waals surface area contributed by atoms with Crippen molar-refractivity contribution in [1.29, 1.82) is 0 Å². The summed E-state index contributed by atoms with van der Waals surface area (Å²) in [5, 5.41) is 10.5. The van der Waals surface area contributed by atoms with E-state index in [0.717, 1.165) is 7.11 Å². The minimum atomic E-state index is -1.32. The minimum absolute atomic E-state index is 0.0108. The molecule has 6 heteroatoms. The second kappa shape index (κ2) is 4.51. The molecule has 0 bridgehead atoms. The van der Waals surface area contributed by atoms with Crippen molar-refractivity contribution in [2.45, 2.75) is 19.4 Å². The Morgan fingerprint density at radius 3 is 2.59 bits per heavy atom. The highest BCUT2D eigenvalue weighted by molar-refractivity contribution is 6.57. The Bertz CT molecular complexity index is 769. The number of ketones is 2. The molecule has 0 spiro atoms. The first-order chi connectivity index (χ1) is 10.3. The van der Waals surface area contributed by atoms with Gasteiger partial charge in [-0.1, -0.05) is 12.1 Å². The number of carbonyl (C=O) groups excluding carboxylic acids is 3. The summed E-state index contributed by atoms with van der Waals surface area (Å²) in [6.45, 7) is 3.11. The Morgan fingerprint density at radius 1 is 1.27 bits per heavy atom. The van der Waals surface area contributed by atoms with E-state index < -0.39 is 28.7 Å². The number of esters is 1. The highest BCUT2D eigenvalue weighted by Gasteiger charge is 2.45. The quantitative estimate of drug-likeness (QED) is 0.470. The maximum Gasteiger partial charge on any atom is 0.345 e. The van der Waals surface area contributed by atoms with Crippen molar-refractivity contribution in [2.75, 3.05) is 13.7 Å². The van der Waals surface area contributed by atoms with Gasteiger partial charge in [-0.05, 0) is 25.0 Å². The number of methoxy groups -OCH3 is 1. The summed E-state index contributed by atoms with van der Waals surface area (Å²) in [6.07, 6.45) is 0. The summed E-state index contributed by atoms with van der Waals surface area (Å²) in [6, 6.07) is 3.34. The smallest absolute Gasteiger partial charge is 0.345 e. The Labute approximate surface area is 126 Å². The lowest BCUT2D eigenvalue weighted by atomic mass is 9.78. The predicted octanol–water partition coefficient (Wildman–Crippen LogP) is 0.882. The Kier molecular flexibility index (Phi) is 2.97. The van der Waals surface area contributed by atoms with E-state index in [-0.39, 0.29) is 17.9 Å². The summed E-state index contributed by atoms with van der Waals surface area (Å²) < 4.78 is 10.1. The van der Waals surface area contributed by atoms with Crippen molar-refractivity contribution in [2.24, 2.45) is 0 Å². The molecule has 1 aliphatic heterocycles. The molecule has 1 aromatic rings. The Morgan fingerprint density at radius 2 is 1.95 bits per heavy atom. The van der Waals surface area contributed by atoms with Crippen molar-refractivity contribution in [1.82, 2.24) is 0 Å². The van der Waals surface area contributed by atoms with Crippen LogP contribution in [0.3, 0.4) is 0 Å². The standard InChI is InChI=1S/C16H14O6/c1-7-4-5-8-10-9(7)12(17)13(18)11(15(19)21-3)14(10)22-6-16(8,2)20/h4-5,20H,6H2,1-3H3. The van der Waals surface area contributed by atoms with Gasteiger partial charge in [-0.15, -0.1) is 0 Å². The number of rotatable bonds is 1. The molecular formula is C16H14O6. The van der Waals surface area contributed by atoms with Crippen LogP contribution in [-0.2, 0) is 24.7 Å². The molecule has 1 atom stereocenters.